The molecule has 0 radical (unpaired) electrons. The van der Waals surface area contributed by atoms with Gasteiger partial charge in [-0.05, 0) is 48.9 Å². The fourth-order valence-corrected chi connectivity index (χ4v) is 5.82. The Hall–Kier alpha value is -6.26. The van der Waals surface area contributed by atoms with Crippen LogP contribution in [-0.2, 0) is 34.4 Å². The van der Waals surface area contributed by atoms with Gasteiger partial charge in [0.1, 0.15) is 78.4 Å². The Morgan fingerprint density at radius 1 is 0.931 bits per heavy atom. The molecule has 21 heteroatoms. The molecule has 58 heavy (non-hydrogen) atoms. The van der Waals surface area contributed by atoms with Crippen molar-refractivity contribution in [3.63, 3.8) is 0 Å². The first kappa shape index (κ1) is 44.5. The minimum atomic E-state index is -1.27. The number of pyridine rings is 1. The lowest BCUT2D eigenvalue weighted by molar-refractivity contribution is -0.161. The molecule has 0 aliphatic heterocycles. The van der Waals surface area contributed by atoms with Crippen molar-refractivity contribution >= 4 is 52.9 Å². The predicted molar refractivity (Wildman–Crippen MR) is 207 cm³/mol. The molecule has 4 aromatic rings. The molecule has 304 valence electrons. The van der Waals surface area contributed by atoms with Crippen molar-refractivity contribution in [1.29, 1.82) is 10.5 Å². The number of carbonyl (C=O) groups excluding carboxylic acids is 4. The number of nitrogen functional groups attached to an aromatic ring is 1. The Labute approximate surface area is 340 Å². The molecule has 0 saturated heterocycles. The third kappa shape index (κ3) is 12.1. The molecule has 4 atom stereocenters. The van der Waals surface area contributed by atoms with Crippen LogP contribution < -0.4 is 32.6 Å². The van der Waals surface area contributed by atoms with Crippen LogP contribution in [0.1, 0.15) is 23.7 Å². The molecule has 1 unspecified atom stereocenters. The van der Waals surface area contributed by atoms with E-state index >= 15 is 0 Å². The highest BCUT2D eigenvalue weighted by Gasteiger charge is 2.25. The fraction of sp³-hybridized carbons (Fsp3) is 0.297. The van der Waals surface area contributed by atoms with Gasteiger partial charge in [-0.1, -0.05) is 35.5 Å². The van der Waals surface area contributed by atoms with Crippen molar-refractivity contribution in [2.24, 2.45) is 11.5 Å². The number of oxazole rings is 1. The van der Waals surface area contributed by atoms with Crippen LogP contribution in [0.5, 0.6) is 5.75 Å². The van der Waals surface area contributed by atoms with Crippen molar-refractivity contribution in [2.75, 3.05) is 38.7 Å². The van der Waals surface area contributed by atoms with E-state index in [4.69, 9.17) is 57.6 Å². The number of anilines is 1. The lowest BCUT2D eigenvalue weighted by Gasteiger charge is -2.21. The van der Waals surface area contributed by atoms with E-state index in [1.807, 2.05) is 6.07 Å². The van der Waals surface area contributed by atoms with Gasteiger partial charge in [-0.3, -0.25) is 14.4 Å². The van der Waals surface area contributed by atoms with E-state index in [1.54, 1.807) is 36.4 Å². The maximum Gasteiger partial charge on any atom is 0.328 e. The maximum absolute atomic E-state index is 12.6. The molecule has 4 rings (SSSR count). The number of hydrogen-bond acceptors (Lipinski definition) is 18. The number of aliphatic hydroxyl groups is 2. The van der Waals surface area contributed by atoms with Gasteiger partial charge < -0.3 is 56.7 Å². The van der Waals surface area contributed by atoms with Gasteiger partial charge in [-0.25, -0.2) is 14.8 Å². The molecule has 2 heterocycles. The summed E-state index contributed by atoms with van der Waals surface area (Å²) < 4.78 is 22.0. The second-order valence-electron chi connectivity index (χ2n) is 12.2. The zero-order chi connectivity index (χ0) is 42.4. The number of nitrogens with two attached hydrogens (primary N) is 3. The van der Waals surface area contributed by atoms with Gasteiger partial charge in [0.25, 0.3) is 0 Å². The van der Waals surface area contributed by atoms with Crippen LogP contribution in [0.4, 0.5) is 5.82 Å². The van der Waals surface area contributed by atoms with Gasteiger partial charge in [-0.2, -0.15) is 10.5 Å². The van der Waals surface area contributed by atoms with Gasteiger partial charge in [0.2, 0.25) is 17.7 Å². The smallest absolute Gasteiger partial charge is 0.328 e. The molecule has 0 fully saturated rings. The molecular formula is C37H38ClN9O10S. The normalized spacial score (nSPS) is 12.8. The molecule has 0 aliphatic carbocycles. The second kappa shape index (κ2) is 21.3. The van der Waals surface area contributed by atoms with Gasteiger partial charge in [-0.15, -0.1) is 0 Å². The summed E-state index contributed by atoms with van der Waals surface area (Å²) in [6.45, 7) is -1.58. The van der Waals surface area contributed by atoms with E-state index in [9.17, 15) is 29.7 Å². The van der Waals surface area contributed by atoms with Crippen LogP contribution >= 0.6 is 23.4 Å². The monoisotopic (exact) mass is 835 g/mol. The van der Waals surface area contributed by atoms with Gasteiger partial charge in [0, 0.05) is 21.9 Å². The van der Waals surface area contributed by atoms with Gasteiger partial charge in [0.05, 0.1) is 24.5 Å². The van der Waals surface area contributed by atoms with Crippen LogP contribution in [0.15, 0.2) is 64.2 Å². The number of carbonyl (C=O) groups is 4. The number of hydrogen-bond donors (Lipinski definition) is 7. The van der Waals surface area contributed by atoms with Crippen molar-refractivity contribution < 1.29 is 48.0 Å². The van der Waals surface area contributed by atoms with Crippen molar-refractivity contribution in [2.45, 2.75) is 41.9 Å². The van der Waals surface area contributed by atoms with Crippen LogP contribution in [0.2, 0.25) is 5.02 Å². The Morgan fingerprint density at radius 3 is 2.21 bits per heavy atom. The summed E-state index contributed by atoms with van der Waals surface area (Å²) in [5.41, 5.74) is 19.1. The summed E-state index contributed by atoms with van der Waals surface area (Å²) >= 11 is 7.15. The largest absolute Gasteiger partial charge is 0.490 e. The molecule has 2 aromatic carbocycles. The zero-order valence-electron chi connectivity index (χ0n) is 30.7. The molecule has 19 nitrogen and oxygen atoms in total. The topological polar surface area (TPSA) is 325 Å². The Kier molecular flexibility index (Phi) is 16.3. The summed E-state index contributed by atoms with van der Waals surface area (Å²) in [6.07, 6.45) is 0.235. The van der Waals surface area contributed by atoms with Crippen LogP contribution in [0, 0.1) is 22.7 Å². The highest BCUT2D eigenvalue weighted by molar-refractivity contribution is 7.98. The zero-order valence-corrected chi connectivity index (χ0v) is 32.3. The van der Waals surface area contributed by atoms with E-state index in [1.165, 1.54) is 37.1 Å². The number of thioether (sulfide) groups is 1. The summed E-state index contributed by atoms with van der Waals surface area (Å²) in [4.78, 5) is 57.9. The standard InChI is InChI=1S/C37H38ClN9O10S/c1-19(45-34(52)29(42)14-49)37(53)56-17-25(57-30(50)12-44-33(51)28(41)13-48)16-54-24-8-4-20(5-9-24)31-26(10-39)32(43)47-36(27(31)11-40)58-18-23-15-55-35(46-23)21-2-6-22(38)7-3-21/h2-9,15,19,25,28-29,48-49H,12-14,16-18,41-42H2,1H3,(H2,43,47)(H,44,51)(H,45,52)/t19-,25-,28?,29-/m0/s1. The minimum Gasteiger partial charge on any atom is -0.490 e. The highest BCUT2D eigenvalue weighted by atomic mass is 35.5. The van der Waals surface area contributed by atoms with Gasteiger partial charge >= 0.3 is 11.9 Å². The van der Waals surface area contributed by atoms with E-state index in [-0.39, 0.29) is 45.6 Å². The number of aromatic nitrogens is 2. The van der Waals surface area contributed by atoms with E-state index < -0.39 is 74.3 Å². The number of benzene rings is 2. The van der Waals surface area contributed by atoms with E-state index in [0.717, 1.165) is 5.56 Å². The summed E-state index contributed by atoms with van der Waals surface area (Å²) in [7, 11) is 0. The van der Waals surface area contributed by atoms with E-state index in [0.29, 0.717) is 22.2 Å². The molecule has 0 spiro atoms. The molecule has 2 amide bonds. The van der Waals surface area contributed by atoms with Gasteiger partial charge in [0.15, 0.2) is 6.10 Å². The third-order valence-corrected chi connectivity index (χ3v) is 9.15. The lowest BCUT2D eigenvalue weighted by atomic mass is 9.97. The van der Waals surface area contributed by atoms with Crippen molar-refractivity contribution in [1.82, 2.24) is 20.6 Å². The SMILES string of the molecule is C[C@H](NC(=O)[C@@H](N)CO)C(=O)OC[C@H](COc1ccc(-c2c(C#N)c(N)nc(SCc3coc(-c4ccc(Cl)cc4)n3)c2C#N)cc1)OC(=O)CNC(=O)C(N)CO. The molecule has 10 N–H and O–H groups in total. The van der Waals surface area contributed by atoms with Crippen molar-refractivity contribution in [3.8, 4) is 40.5 Å². The first-order valence-corrected chi connectivity index (χ1v) is 18.5. The molecule has 0 aliphatic rings. The first-order chi connectivity index (χ1) is 27.8. The highest BCUT2D eigenvalue weighted by Crippen LogP contribution is 2.37. The molecule has 0 saturated carbocycles. The number of ether oxygens (including phenoxy) is 3. The average molecular weight is 836 g/mol. The van der Waals surface area contributed by atoms with Crippen LogP contribution in [0.25, 0.3) is 22.6 Å². The number of nitriles is 2. The quantitative estimate of drug-likeness (QED) is 0.0506. The number of aliphatic hydroxyl groups excluding tert-OH is 2. The fourth-order valence-electron chi connectivity index (χ4n) is 4.82. The molecular weight excluding hydrogens is 798 g/mol. The second-order valence-corrected chi connectivity index (χ2v) is 13.6. The molecule has 2 aromatic heterocycles. The number of halogens is 1. The Bertz CT molecular complexity index is 2180. The maximum atomic E-state index is 12.6. The average Bonchev–Trinajstić information content (AvgIpc) is 3.71. The third-order valence-electron chi connectivity index (χ3n) is 7.89. The number of esters is 2. The number of amides is 2. The Balaban J connectivity index is 1.48. The van der Waals surface area contributed by atoms with Crippen molar-refractivity contribution in [3.05, 3.63) is 76.6 Å². The summed E-state index contributed by atoms with van der Waals surface area (Å²) in [5.74, 6) is -2.74. The lowest BCUT2D eigenvalue weighted by Crippen LogP contribution is -2.49. The number of rotatable bonds is 19. The minimum absolute atomic E-state index is 0.0226. The first-order valence-electron chi connectivity index (χ1n) is 17.2. The van der Waals surface area contributed by atoms with Crippen LogP contribution in [0.3, 0.4) is 0 Å². The number of nitrogens with zero attached hydrogens (tertiary/aromatic N) is 4. The summed E-state index contributed by atoms with van der Waals surface area (Å²) in [6, 6.07) is 13.5. The molecule has 0 bridgehead atoms. The van der Waals surface area contributed by atoms with E-state index in [2.05, 4.69) is 26.7 Å². The number of nitrogens with one attached hydrogen (secondary N) is 2. The summed E-state index contributed by atoms with van der Waals surface area (Å²) in [5, 5.41) is 43.7. The predicted octanol–water partition coefficient (Wildman–Crippen LogP) is 0.769. The van der Waals surface area contributed by atoms with Crippen LogP contribution in [-0.4, -0.2) is 101 Å². The Morgan fingerprint density at radius 2 is 1.57 bits per heavy atom.